The molecule has 1 atom stereocenters. The van der Waals surface area contributed by atoms with Crippen molar-refractivity contribution in [1.82, 2.24) is 9.21 Å². The molecule has 3 aromatic rings. The Balaban J connectivity index is 1.41. The summed E-state index contributed by atoms with van der Waals surface area (Å²) in [6.07, 6.45) is 0.579. The van der Waals surface area contributed by atoms with Gasteiger partial charge < -0.3 is 28.6 Å². The Morgan fingerprint density at radius 2 is 1.52 bits per heavy atom. The number of hydrogen-bond donors (Lipinski definition) is 0. The molecule has 0 spiro atoms. The number of esters is 1. The molecule has 5 rings (SSSR count). The Hall–Kier alpha value is -4.13. The van der Waals surface area contributed by atoms with Crippen molar-refractivity contribution in [2.75, 3.05) is 60.3 Å². The molecule has 234 valence electrons. The summed E-state index contributed by atoms with van der Waals surface area (Å²) in [5, 5.41) is 0. The molecule has 1 amide bonds. The van der Waals surface area contributed by atoms with Gasteiger partial charge in [0.05, 0.1) is 50.5 Å². The zero-order valence-electron chi connectivity index (χ0n) is 25.0. The number of benzene rings is 3. The Morgan fingerprint density at radius 3 is 2.16 bits per heavy atom. The van der Waals surface area contributed by atoms with Crippen LogP contribution in [0.1, 0.15) is 44.8 Å². The fourth-order valence-corrected chi connectivity index (χ4v) is 6.81. The quantitative estimate of drug-likeness (QED) is 0.311. The van der Waals surface area contributed by atoms with E-state index in [1.54, 1.807) is 62.4 Å². The summed E-state index contributed by atoms with van der Waals surface area (Å²) in [5.41, 5.74) is 2.63. The second-order valence-electron chi connectivity index (χ2n) is 10.3. The lowest BCUT2D eigenvalue weighted by Crippen LogP contribution is -2.42. The number of ether oxygens (including phenoxy) is 5. The molecule has 1 saturated heterocycles. The molecule has 2 aliphatic heterocycles. The molecule has 0 unspecified atom stereocenters. The molecule has 2 heterocycles. The van der Waals surface area contributed by atoms with Crippen LogP contribution >= 0.6 is 0 Å². The topological polar surface area (TPSA) is 121 Å². The monoisotopic (exact) mass is 624 g/mol. The van der Waals surface area contributed by atoms with Crippen LogP contribution in [-0.2, 0) is 25.9 Å². The first-order valence-corrected chi connectivity index (χ1v) is 15.8. The van der Waals surface area contributed by atoms with Crippen molar-refractivity contribution in [2.24, 2.45) is 0 Å². The minimum atomic E-state index is -3.69. The predicted molar refractivity (Wildman–Crippen MR) is 161 cm³/mol. The first-order valence-electron chi connectivity index (χ1n) is 14.4. The molecule has 0 bridgehead atoms. The highest BCUT2D eigenvalue weighted by Gasteiger charge is 2.34. The van der Waals surface area contributed by atoms with Crippen molar-refractivity contribution in [3.63, 3.8) is 0 Å². The molecule has 2 aliphatic rings. The third-order valence-electron chi connectivity index (χ3n) is 7.75. The molecule has 0 radical (unpaired) electrons. The number of hydrogen-bond acceptors (Lipinski definition) is 9. The van der Waals surface area contributed by atoms with Gasteiger partial charge in [-0.25, -0.2) is 13.2 Å². The van der Waals surface area contributed by atoms with E-state index >= 15 is 0 Å². The molecule has 12 heteroatoms. The molecule has 0 aliphatic carbocycles. The van der Waals surface area contributed by atoms with E-state index in [-0.39, 0.29) is 37.1 Å². The molecule has 0 N–H and O–H groups in total. The summed E-state index contributed by atoms with van der Waals surface area (Å²) >= 11 is 0. The van der Waals surface area contributed by atoms with E-state index in [4.69, 9.17) is 23.7 Å². The van der Waals surface area contributed by atoms with E-state index in [1.807, 2.05) is 12.1 Å². The van der Waals surface area contributed by atoms with E-state index in [9.17, 15) is 18.0 Å². The van der Waals surface area contributed by atoms with Crippen LogP contribution in [0.2, 0.25) is 0 Å². The number of fused-ring (bicyclic) bond motifs is 1. The van der Waals surface area contributed by atoms with E-state index in [2.05, 4.69) is 0 Å². The first kappa shape index (κ1) is 31.3. The van der Waals surface area contributed by atoms with Gasteiger partial charge in [-0.05, 0) is 85.1 Å². The van der Waals surface area contributed by atoms with Gasteiger partial charge in [0.25, 0.3) is 5.91 Å². The molecule has 3 aromatic carbocycles. The van der Waals surface area contributed by atoms with Crippen LogP contribution in [0.5, 0.6) is 17.2 Å². The average molecular weight is 625 g/mol. The van der Waals surface area contributed by atoms with Gasteiger partial charge >= 0.3 is 5.97 Å². The Labute approximate surface area is 257 Å². The number of rotatable bonds is 10. The lowest BCUT2D eigenvalue weighted by atomic mass is 9.91. The van der Waals surface area contributed by atoms with Gasteiger partial charge in [0.2, 0.25) is 10.0 Å². The van der Waals surface area contributed by atoms with Crippen LogP contribution in [0.25, 0.3) is 0 Å². The van der Waals surface area contributed by atoms with Crippen molar-refractivity contribution in [1.29, 1.82) is 0 Å². The van der Waals surface area contributed by atoms with Crippen LogP contribution in [0.15, 0.2) is 65.6 Å². The van der Waals surface area contributed by atoms with Crippen molar-refractivity contribution >= 4 is 21.9 Å². The normalized spacial score (nSPS) is 17.0. The van der Waals surface area contributed by atoms with Gasteiger partial charge in [-0.2, -0.15) is 4.31 Å². The summed E-state index contributed by atoms with van der Waals surface area (Å²) < 4.78 is 55.1. The van der Waals surface area contributed by atoms with Crippen LogP contribution < -0.4 is 14.2 Å². The molecule has 0 saturated carbocycles. The van der Waals surface area contributed by atoms with Crippen LogP contribution in [0, 0.1) is 0 Å². The van der Waals surface area contributed by atoms with Crippen molar-refractivity contribution in [3.05, 3.63) is 82.9 Å². The van der Waals surface area contributed by atoms with E-state index in [0.29, 0.717) is 54.6 Å². The standard InChI is InChI=1S/C32H36N2O9S/c1-4-42-32(36)23-5-9-25(10-6-23)43-21-28-27-20-30(40-3)29(39-2)19-24(27)13-14-34(28)31(35)22-7-11-26(12-8-22)44(37,38)33-15-17-41-18-16-33/h5-12,19-20,28H,4,13-18,21H2,1-3H3/t28-/m1/s1. The number of nitrogens with zero attached hydrogens (tertiary/aromatic N) is 2. The number of carbonyl (C=O) groups is 2. The van der Waals surface area contributed by atoms with Gasteiger partial charge in [0, 0.05) is 25.2 Å². The Morgan fingerprint density at radius 1 is 0.886 bits per heavy atom. The lowest BCUT2D eigenvalue weighted by molar-refractivity contribution is 0.0524. The van der Waals surface area contributed by atoms with E-state index in [0.717, 1.165) is 11.1 Å². The molecule has 0 aromatic heterocycles. The molecule has 44 heavy (non-hydrogen) atoms. The predicted octanol–water partition coefficient (Wildman–Crippen LogP) is 3.72. The van der Waals surface area contributed by atoms with Crippen LogP contribution in [0.4, 0.5) is 0 Å². The smallest absolute Gasteiger partial charge is 0.338 e. The fourth-order valence-electron chi connectivity index (χ4n) is 5.40. The van der Waals surface area contributed by atoms with Gasteiger partial charge in [-0.15, -0.1) is 0 Å². The highest BCUT2D eigenvalue weighted by molar-refractivity contribution is 7.89. The Kier molecular flexibility index (Phi) is 9.72. The molecular weight excluding hydrogens is 588 g/mol. The Bertz CT molecular complexity index is 1590. The highest BCUT2D eigenvalue weighted by atomic mass is 32.2. The number of amides is 1. The van der Waals surface area contributed by atoms with Gasteiger partial charge in [-0.1, -0.05) is 0 Å². The first-order chi connectivity index (χ1) is 21.3. The number of sulfonamides is 1. The van der Waals surface area contributed by atoms with Crippen molar-refractivity contribution < 1.29 is 41.7 Å². The minimum Gasteiger partial charge on any atom is -0.493 e. The summed E-state index contributed by atoms with van der Waals surface area (Å²) in [5.74, 6) is 0.976. The second kappa shape index (κ2) is 13.7. The summed E-state index contributed by atoms with van der Waals surface area (Å²) in [6.45, 7) is 3.83. The maximum absolute atomic E-state index is 13.9. The van der Waals surface area contributed by atoms with E-state index in [1.165, 1.54) is 16.4 Å². The van der Waals surface area contributed by atoms with Crippen LogP contribution in [0.3, 0.4) is 0 Å². The fraction of sp³-hybridized carbons (Fsp3) is 0.375. The third-order valence-corrected chi connectivity index (χ3v) is 9.66. The molecular formula is C32H36N2O9S. The van der Waals surface area contributed by atoms with Gasteiger partial charge in [0.15, 0.2) is 11.5 Å². The maximum Gasteiger partial charge on any atom is 0.338 e. The zero-order chi connectivity index (χ0) is 31.3. The summed E-state index contributed by atoms with van der Waals surface area (Å²) in [6, 6.07) is 16.0. The lowest BCUT2D eigenvalue weighted by Gasteiger charge is -2.37. The second-order valence-corrected chi connectivity index (χ2v) is 12.2. The van der Waals surface area contributed by atoms with Crippen molar-refractivity contribution in [2.45, 2.75) is 24.3 Å². The summed E-state index contributed by atoms with van der Waals surface area (Å²) in [4.78, 5) is 27.8. The van der Waals surface area contributed by atoms with Crippen molar-refractivity contribution in [3.8, 4) is 17.2 Å². The average Bonchev–Trinajstić information content (AvgIpc) is 3.06. The number of morpholine rings is 1. The minimum absolute atomic E-state index is 0.121. The summed E-state index contributed by atoms with van der Waals surface area (Å²) in [7, 11) is -0.561. The zero-order valence-corrected chi connectivity index (χ0v) is 25.8. The third kappa shape index (κ3) is 6.52. The number of carbonyl (C=O) groups excluding carboxylic acids is 2. The maximum atomic E-state index is 13.9. The van der Waals surface area contributed by atoms with Gasteiger partial charge in [-0.3, -0.25) is 4.79 Å². The largest absolute Gasteiger partial charge is 0.493 e. The molecule has 11 nitrogen and oxygen atoms in total. The highest BCUT2D eigenvalue weighted by Crippen LogP contribution is 2.39. The van der Waals surface area contributed by atoms with Gasteiger partial charge in [0.1, 0.15) is 12.4 Å². The SMILES string of the molecule is CCOC(=O)c1ccc(OC[C@@H]2c3cc(OC)c(OC)cc3CCN2C(=O)c2ccc(S(=O)(=O)N3CCOCC3)cc2)cc1. The number of methoxy groups -OCH3 is 2. The van der Waals surface area contributed by atoms with Crippen LogP contribution in [-0.4, -0.2) is 89.8 Å². The molecule has 1 fully saturated rings. The van der Waals surface area contributed by atoms with E-state index < -0.39 is 22.0 Å².